The fourth-order valence-corrected chi connectivity index (χ4v) is 3.09. The summed E-state index contributed by atoms with van der Waals surface area (Å²) in [6, 6.07) is 4.70. The van der Waals surface area contributed by atoms with E-state index >= 15 is 0 Å². The Labute approximate surface area is 163 Å². The minimum atomic E-state index is -1.10. The molecule has 2 amide bonds. The predicted octanol–water partition coefficient (Wildman–Crippen LogP) is 0.881. The van der Waals surface area contributed by atoms with Crippen LogP contribution in [0.3, 0.4) is 0 Å². The Bertz CT molecular complexity index is 975. The normalized spacial score (nSPS) is 11.6. The summed E-state index contributed by atoms with van der Waals surface area (Å²) >= 11 is 0.745. The number of H-pyrrole nitrogens is 1. The Morgan fingerprint density at radius 1 is 1.25 bits per heavy atom. The number of nitrogens with one attached hydrogen (secondary N) is 2. The minimum Gasteiger partial charge on any atom is -0.382 e. The maximum Gasteiger partial charge on any atom is 0.277 e. The van der Waals surface area contributed by atoms with Crippen LogP contribution in [0.4, 0.5) is 15.9 Å². The van der Waals surface area contributed by atoms with Gasteiger partial charge in [-0.1, -0.05) is 11.8 Å². The lowest BCUT2D eigenvalue weighted by molar-refractivity contribution is -0.132. The molecule has 4 N–H and O–H groups in total. The van der Waals surface area contributed by atoms with Gasteiger partial charge in [0.1, 0.15) is 16.8 Å². The lowest BCUT2D eigenvalue weighted by Gasteiger charge is -2.17. The number of nitrogen functional groups attached to an aromatic ring is 1. The van der Waals surface area contributed by atoms with Crippen molar-refractivity contribution in [1.82, 2.24) is 14.9 Å². The molecule has 0 aliphatic rings. The average molecular weight is 407 g/mol. The molecule has 0 bridgehead atoms. The summed E-state index contributed by atoms with van der Waals surface area (Å²) < 4.78 is 12.9. The Kier molecular flexibility index (Phi) is 6.52. The third kappa shape index (κ3) is 4.94. The van der Waals surface area contributed by atoms with Gasteiger partial charge in [0.2, 0.25) is 5.91 Å². The summed E-state index contributed by atoms with van der Waals surface area (Å²) in [6.07, 6.45) is 0. The number of benzene rings is 1. The van der Waals surface area contributed by atoms with Crippen LogP contribution in [0.15, 0.2) is 34.2 Å². The van der Waals surface area contributed by atoms with Crippen molar-refractivity contribution >= 4 is 40.9 Å². The molecule has 2 rings (SSSR count). The largest absolute Gasteiger partial charge is 0.382 e. The zero-order valence-corrected chi connectivity index (χ0v) is 16.1. The van der Waals surface area contributed by atoms with Crippen molar-refractivity contribution < 1.29 is 18.8 Å². The van der Waals surface area contributed by atoms with Gasteiger partial charge in [0.25, 0.3) is 11.5 Å². The first-order chi connectivity index (χ1) is 13.1. The average Bonchev–Trinajstić information content (AvgIpc) is 2.62. The summed E-state index contributed by atoms with van der Waals surface area (Å²) in [6.45, 7) is 1.25. The van der Waals surface area contributed by atoms with Crippen molar-refractivity contribution in [2.24, 2.45) is 0 Å². The van der Waals surface area contributed by atoms with Gasteiger partial charge in [0, 0.05) is 19.7 Å². The number of rotatable bonds is 6. The first-order valence-corrected chi connectivity index (χ1v) is 8.83. The molecule has 1 aromatic carbocycles. The number of amides is 2. The quantitative estimate of drug-likeness (QED) is 0.367. The standard InChI is InChI=1S/C17H18FN5O4S/c1-8(24)12(16(27)23(2)3)28-17-21-13(19)11(15(26)22-17)20-14(25)9-4-6-10(18)7-5-9/h4-7,12H,1-3H3,(H,20,25)(H3,19,21,22,26)/t12-/m0/s1. The van der Waals surface area contributed by atoms with Crippen LogP contribution in [0, 0.1) is 5.82 Å². The summed E-state index contributed by atoms with van der Waals surface area (Å²) in [5.41, 5.74) is 4.82. The molecule has 0 saturated carbocycles. The number of anilines is 2. The Morgan fingerprint density at radius 3 is 2.36 bits per heavy atom. The Morgan fingerprint density at radius 2 is 1.86 bits per heavy atom. The van der Waals surface area contributed by atoms with Crippen LogP contribution in [0.1, 0.15) is 17.3 Å². The number of Topliss-reactive ketones (excluding diaryl/α,β-unsaturated/α-hetero) is 1. The van der Waals surface area contributed by atoms with Crippen molar-refractivity contribution in [3.05, 3.63) is 46.0 Å². The van der Waals surface area contributed by atoms with E-state index in [-0.39, 0.29) is 22.2 Å². The van der Waals surface area contributed by atoms with Crippen LogP contribution in [0.5, 0.6) is 0 Å². The number of carbonyl (C=O) groups is 3. The molecule has 2 aromatic rings. The highest BCUT2D eigenvalue weighted by molar-refractivity contribution is 8.01. The number of hydrogen-bond acceptors (Lipinski definition) is 7. The monoisotopic (exact) mass is 407 g/mol. The van der Waals surface area contributed by atoms with Crippen molar-refractivity contribution in [2.75, 3.05) is 25.1 Å². The third-order valence-corrected chi connectivity index (χ3v) is 4.72. The lowest BCUT2D eigenvalue weighted by Crippen LogP contribution is -2.36. The minimum absolute atomic E-state index is 0.0438. The van der Waals surface area contributed by atoms with E-state index in [4.69, 9.17) is 5.73 Å². The molecular weight excluding hydrogens is 389 g/mol. The van der Waals surface area contributed by atoms with Gasteiger partial charge in [0.05, 0.1) is 0 Å². The maximum atomic E-state index is 12.9. The lowest BCUT2D eigenvalue weighted by atomic mass is 10.2. The molecule has 1 heterocycles. The van der Waals surface area contributed by atoms with Gasteiger partial charge in [-0.25, -0.2) is 9.37 Å². The highest BCUT2D eigenvalue weighted by Gasteiger charge is 2.27. The van der Waals surface area contributed by atoms with Crippen LogP contribution in [0.25, 0.3) is 0 Å². The van der Waals surface area contributed by atoms with Gasteiger partial charge in [-0.15, -0.1) is 0 Å². The second-order valence-electron chi connectivity index (χ2n) is 5.93. The second kappa shape index (κ2) is 8.65. The van der Waals surface area contributed by atoms with Gasteiger partial charge in [0.15, 0.2) is 16.8 Å². The molecule has 1 aromatic heterocycles. The number of carbonyl (C=O) groups excluding carboxylic acids is 3. The number of ketones is 1. The van der Waals surface area contributed by atoms with E-state index in [1.54, 1.807) is 0 Å². The summed E-state index contributed by atoms with van der Waals surface area (Å²) in [7, 11) is 2.99. The fraction of sp³-hybridized carbons (Fsp3) is 0.235. The zero-order valence-electron chi connectivity index (χ0n) is 15.3. The van der Waals surface area contributed by atoms with Crippen molar-refractivity contribution in [1.29, 1.82) is 0 Å². The summed E-state index contributed by atoms with van der Waals surface area (Å²) in [5.74, 6) is -2.36. The van der Waals surface area contributed by atoms with Crippen LogP contribution in [0.2, 0.25) is 0 Å². The van der Waals surface area contributed by atoms with Gasteiger partial charge >= 0.3 is 0 Å². The van der Waals surface area contributed by atoms with Crippen molar-refractivity contribution in [3.8, 4) is 0 Å². The predicted molar refractivity (Wildman–Crippen MR) is 103 cm³/mol. The first kappa shape index (κ1) is 21.1. The van der Waals surface area contributed by atoms with Crippen LogP contribution < -0.4 is 16.6 Å². The number of aromatic nitrogens is 2. The number of aromatic amines is 1. The van der Waals surface area contributed by atoms with E-state index < -0.39 is 34.2 Å². The molecule has 1 atom stereocenters. The van der Waals surface area contributed by atoms with E-state index in [0.717, 1.165) is 23.9 Å². The fourth-order valence-electron chi connectivity index (χ4n) is 2.09. The molecule has 0 fully saturated rings. The van der Waals surface area contributed by atoms with Crippen molar-refractivity contribution in [3.63, 3.8) is 0 Å². The molecular formula is C17H18FN5O4S. The van der Waals surface area contributed by atoms with Crippen LogP contribution >= 0.6 is 11.8 Å². The van der Waals surface area contributed by atoms with Gasteiger partial charge in [-0.05, 0) is 31.2 Å². The van der Waals surface area contributed by atoms with Crippen LogP contribution in [-0.2, 0) is 9.59 Å². The van der Waals surface area contributed by atoms with Gasteiger partial charge in [-0.3, -0.25) is 24.2 Å². The third-order valence-electron chi connectivity index (χ3n) is 3.53. The first-order valence-electron chi connectivity index (χ1n) is 7.95. The molecule has 148 valence electrons. The number of hydrogen-bond donors (Lipinski definition) is 3. The molecule has 0 saturated heterocycles. The molecule has 0 radical (unpaired) electrons. The molecule has 28 heavy (non-hydrogen) atoms. The molecule has 0 unspecified atom stereocenters. The zero-order chi connectivity index (χ0) is 21.0. The molecule has 0 aliphatic heterocycles. The summed E-state index contributed by atoms with van der Waals surface area (Å²) in [4.78, 5) is 55.9. The maximum absolute atomic E-state index is 12.9. The molecule has 11 heteroatoms. The SMILES string of the molecule is CC(=O)[C@H](Sc1nc(N)c(NC(=O)c2ccc(F)cc2)c(=O)[nH]1)C(=O)N(C)C. The summed E-state index contributed by atoms with van der Waals surface area (Å²) in [5, 5.41) is 1.17. The van der Waals surface area contributed by atoms with E-state index in [2.05, 4.69) is 15.3 Å². The van der Waals surface area contributed by atoms with E-state index in [9.17, 15) is 23.6 Å². The molecule has 0 spiro atoms. The van der Waals surface area contributed by atoms with E-state index in [1.807, 2.05) is 0 Å². The smallest absolute Gasteiger partial charge is 0.277 e. The second-order valence-corrected chi connectivity index (χ2v) is 7.03. The Balaban J connectivity index is 2.25. The van der Waals surface area contributed by atoms with Crippen LogP contribution in [-0.4, -0.2) is 51.8 Å². The topological polar surface area (TPSA) is 138 Å². The van der Waals surface area contributed by atoms with E-state index in [1.165, 1.54) is 38.1 Å². The number of halogens is 1. The molecule has 9 nitrogen and oxygen atoms in total. The van der Waals surface area contributed by atoms with Crippen molar-refractivity contribution in [2.45, 2.75) is 17.3 Å². The highest BCUT2D eigenvalue weighted by Crippen LogP contribution is 2.23. The Hall–Kier alpha value is -3.21. The number of thioether (sulfide) groups is 1. The highest BCUT2D eigenvalue weighted by atomic mass is 32.2. The number of nitrogens with zero attached hydrogens (tertiary/aromatic N) is 2. The number of nitrogens with two attached hydrogens (primary N) is 1. The molecule has 0 aliphatic carbocycles. The van der Waals surface area contributed by atoms with Gasteiger partial charge < -0.3 is 16.0 Å². The van der Waals surface area contributed by atoms with E-state index in [0.29, 0.717) is 0 Å². The van der Waals surface area contributed by atoms with Gasteiger partial charge in [-0.2, -0.15) is 0 Å².